The Labute approximate surface area is 211 Å². The molecule has 0 unspecified atom stereocenters. The molecule has 2 N–H and O–H groups in total. The van der Waals surface area contributed by atoms with Gasteiger partial charge >= 0.3 is 28.1 Å². The van der Waals surface area contributed by atoms with E-state index in [1.165, 1.54) is 25.0 Å². The summed E-state index contributed by atoms with van der Waals surface area (Å²) in [6.45, 7) is 0. The van der Waals surface area contributed by atoms with Crippen molar-refractivity contribution < 1.29 is 34.9 Å². The summed E-state index contributed by atoms with van der Waals surface area (Å²) in [5.41, 5.74) is 1.49. The first-order chi connectivity index (χ1) is 15.5. The average molecular weight is 525 g/mol. The van der Waals surface area contributed by atoms with Crippen LogP contribution in [0.15, 0.2) is 114 Å². The van der Waals surface area contributed by atoms with E-state index in [1.807, 2.05) is 48.5 Å². The SMILES string of the molecule is [Ni+2].[OH+]=C(C=Nc1ccccc1[SH2+])c1ccco1.[OH+]=C(C=Nc1ccccc1[SH2+])c1ccco1. The first-order valence-electron chi connectivity index (χ1n) is 9.43. The molecule has 0 fully saturated rings. The van der Waals surface area contributed by atoms with Crippen LogP contribution in [0, 0.1) is 0 Å². The Kier molecular flexibility index (Phi) is 10.6. The summed E-state index contributed by atoms with van der Waals surface area (Å²) in [5, 5.41) is 0. The quantitative estimate of drug-likeness (QED) is 0.165. The molecule has 0 aliphatic rings. The number of hydrogen-bond acceptors (Lipinski definition) is 4. The smallest absolute Gasteiger partial charge is 0.455 e. The monoisotopic (exact) mass is 524 g/mol. The van der Waals surface area contributed by atoms with Gasteiger partial charge in [-0.15, -0.1) is 0 Å². The molecule has 0 saturated carbocycles. The molecule has 0 radical (unpaired) electrons. The maximum absolute atomic E-state index is 9.62. The molecule has 0 saturated heterocycles. The average Bonchev–Trinajstić information content (AvgIpc) is 3.53. The third-order valence-electron chi connectivity index (χ3n) is 4.01. The topological polar surface area (TPSA) is 93.8 Å². The number of rotatable bonds is 6. The third-order valence-corrected chi connectivity index (χ3v) is 4.85. The zero-order valence-electron chi connectivity index (χ0n) is 17.2. The second kappa shape index (κ2) is 13.4. The van der Waals surface area contributed by atoms with Gasteiger partial charge < -0.3 is 8.83 Å². The molecule has 0 aliphatic carbocycles. The van der Waals surface area contributed by atoms with Gasteiger partial charge in [-0.25, -0.2) is 9.98 Å². The van der Waals surface area contributed by atoms with E-state index in [-0.39, 0.29) is 28.1 Å². The first-order valence-corrected chi connectivity index (χ1v) is 10.4. The Bertz CT molecular complexity index is 1140. The summed E-state index contributed by atoms with van der Waals surface area (Å²) in [4.78, 5) is 29.3. The van der Waals surface area contributed by atoms with Crippen LogP contribution in [0.1, 0.15) is 11.5 Å². The molecule has 0 atom stereocenters. The van der Waals surface area contributed by atoms with Crippen molar-refractivity contribution in [3.63, 3.8) is 0 Å². The summed E-state index contributed by atoms with van der Waals surface area (Å²) in [5.74, 6) is 0.797. The van der Waals surface area contributed by atoms with Crippen LogP contribution in [0.3, 0.4) is 0 Å². The van der Waals surface area contributed by atoms with Crippen molar-refractivity contribution in [2.75, 3.05) is 0 Å². The van der Waals surface area contributed by atoms with Gasteiger partial charge in [0.25, 0.3) is 0 Å². The standard InChI is InChI=1S/2C12H9NO2S.Ni/c2*14-10(11-5-3-7-15-11)8-13-9-4-1-2-6-12(9)16;/h2*1-8,16H;/q;;+2/p+4. The number of aliphatic imine (C=N–C) groups is 2. The molecule has 2 aromatic heterocycles. The zero-order valence-corrected chi connectivity index (χ0v) is 20.1. The van der Waals surface area contributed by atoms with Crippen LogP contribution < -0.4 is 0 Å². The van der Waals surface area contributed by atoms with E-state index in [1.54, 1.807) is 24.3 Å². The molecule has 4 rings (SSSR count). The van der Waals surface area contributed by atoms with Crippen molar-refractivity contribution in [2.45, 2.75) is 9.79 Å². The van der Waals surface area contributed by atoms with Crippen molar-refractivity contribution in [3.8, 4) is 0 Å². The van der Waals surface area contributed by atoms with Crippen molar-refractivity contribution in [1.29, 1.82) is 0 Å². The summed E-state index contributed by atoms with van der Waals surface area (Å²) in [6, 6.07) is 21.7. The first kappa shape index (κ1) is 26.1. The van der Waals surface area contributed by atoms with Crippen molar-refractivity contribution >= 4 is 60.6 Å². The van der Waals surface area contributed by atoms with Crippen LogP contribution in [-0.2, 0) is 41.7 Å². The Balaban J connectivity index is 0.000000227. The normalized spacial score (nSPS) is 10.5. The minimum absolute atomic E-state index is 0. The fourth-order valence-corrected chi connectivity index (χ4v) is 2.90. The Morgan fingerprint density at radius 2 is 1.03 bits per heavy atom. The number of furan rings is 2. The number of carbonyl (C=O) groups excluding carboxylic acids is 2. The van der Waals surface area contributed by atoms with Gasteiger partial charge in [-0.2, -0.15) is 0 Å². The van der Waals surface area contributed by atoms with Crippen LogP contribution in [-0.4, -0.2) is 33.6 Å². The summed E-state index contributed by atoms with van der Waals surface area (Å²) >= 11 is 6.84. The molecule has 0 bridgehead atoms. The molecular weight excluding hydrogens is 503 g/mol. The van der Waals surface area contributed by atoms with E-state index in [0.717, 1.165) is 21.2 Å². The molecule has 4 aromatic rings. The van der Waals surface area contributed by atoms with Crippen LogP contribution in [0.2, 0.25) is 0 Å². The maximum atomic E-state index is 9.62. The fourth-order valence-electron chi connectivity index (χ4n) is 2.41. The number of hydrogen-bond donors (Lipinski definition) is 0. The molecule has 2 heterocycles. The van der Waals surface area contributed by atoms with E-state index < -0.39 is 0 Å². The van der Waals surface area contributed by atoms with Crippen molar-refractivity contribution in [3.05, 3.63) is 96.8 Å². The van der Waals surface area contributed by atoms with Crippen molar-refractivity contribution in [1.82, 2.24) is 0 Å². The third kappa shape index (κ3) is 8.06. The Morgan fingerprint density at radius 3 is 1.36 bits per heavy atom. The zero-order chi connectivity index (χ0) is 22.8. The molecular formula is C24H22N2NiO4S2+6. The van der Waals surface area contributed by atoms with Gasteiger partial charge in [-0.3, -0.25) is 9.59 Å². The van der Waals surface area contributed by atoms with Crippen LogP contribution in [0.5, 0.6) is 0 Å². The van der Waals surface area contributed by atoms with E-state index in [4.69, 9.17) is 8.83 Å². The molecule has 168 valence electrons. The number of ketones is 2. The maximum Gasteiger partial charge on any atom is 2.00 e. The molecule has 6 nitrogen and oxygen atoms in total. The number of para-hydroxylation sites is 2. The molecule has 2 aromatic carbocycles. The van der Waals surface area contributed by atoms with Crippen LogP contribution in [0.25, 0.3) is 0 Å². The van der Waals surface area contributed by atoms with Gasteiger partial charge in [0.2, 0.25) is 11.5 Å². The predicted molar refractivity (Wildman–Crippen MR) is 136 cm³/mol. The summed E-state index contributed by atoms with van der Waals surface area (Å²) in [6.07, 6.45) is 5.71. The summed E-state index contributed by atoms with van der Waals surface area (Å²) in [7, 11) is 0. The molecule has 33 heavy (non-hydrogen) atoms. The van der Waals surface area contributed by atoms with Gasteiger partial charge in [-0.1, -0.05) is 24.3 Å². The number of benzene rings is 2. The Hall–Kier alpha value is -3.13. The van der Waals surface area contributed by atoms with E-state index in [2.05, 4.69) is 35.2 Å². The van der Waals surface area contributed by atoms with Crippen molar-refractivity contribution in [2.24, 2.45) is 9.98 Å². The van der Waals surface area contributed by atoms with E-state index in [9.17, 15) is 9.59 Å². The van der Waals surface area contributed by atoms with Gasteiger partial charge in [0.05, 0.1) is 12.5 Å². The van der Waals surface area contributed by atoms with E-state index in [0.29, 0.717) is 11.5 Å². The number of nitrogens with zero attached hydrogens (tertiary/aromatic N) is 2. The second-order valence-electron chi connectivity index (χ2n) is 6.28. The van der Waals surface area contributed by atoms with Gasteiger partial charge in [0.15, 0.2) is 9.79 Å². The summed E-state index contributed by atoms with van der Waals surface area (Å²) < 4.78 is 10.0. The minimum atomic E-state index is -0.0000743. The van der Waals surface area contributed by atoms with Gasteiger partial charge in [0, 0.05) is 0 Å². The molecule has 0 amide bonds. The largest absolute Gasteiger partial charge is 2.00 e. The molecule has 9 heteroatoms. The minimum Gasteiger partial charge on any atom is -0.455 e. The second-order valence-corrected chi connectivity index (χ2v) is 7.35. The van der Waals surface area contributed by atoms with Gasteiger partial charge in [-0.05, 0) is 73.8 Å². The van der Waals surface area contributed by atoms with Gasteiger partial charge in [0.1, 0.15) is 23.8 Å². The van der Waals surface area contributed by atoms with E-state index >= 15 is 0 Å². The Morgan fingerprint density at radius 1 is 0.636 bits per heavy atom. The fraction of sp³-hybridized carbons (Fsp3) is 0. The van der Waals surface area contributed by atoms with Crippen LogP contribution in [0.4, 0.5) is 11.4 Å². The predicted octanol–water partition coefficient (Wildman–Crippen LogP) is 3.89. The molecule has 0 aliphatic heterocycles. The van der Waals surface area contributed by atoms with Crippen LogP contribution >= 0.6 is 0 Å². The molecule has 0 spiro atoms.